The van der Waals surface area contributed by atoms with Crippen LogP contribution in [0.3, 0.4) is 0 Å². The molecule has 0 spiro atoms. The number of halogens is 1. The lowest BCUT2D eigenvalue weighted by molar-refractivity contribution is 0.125. The maximum Gasteiger partial charge on any atom is 0.317 e. The van der Waals surface area contributed by atoms with E-state index in [2.05, 4.69) is 5.32 Å². The first-order valence-electron chi connectivity index (χ1n) is 5.26. The third-order valence-corrected chi connectivity index (χ3v) is 2.36. The van der Waals surface area contributed by atoms with Gasteiger partial charge in [-0.3, -0.25) is 0 Å². The number of nitrogens with two attached hydrogens (primary N) is 1. The Kier molecular flexibility index (Phi) is 3.54. The molecule has 1 rings (SSSR count). The Morgan fingerprint density at radius 2 is 2.13 bits per heavy atom. The number of hydrogen-bond donors (Lipinski definition) is 2. The molecule has 0 bridgehead atoms. The molecule has 0 saturated carbocycles. The molecule has 1 saturated heterocycles. The van der Waals surface area contributed by atoms with Crippen LogP contribution >= 0.6 is 0 Å². The van der Waals surface area contributed by atoms with Crippen LogP contribution in [0.15, 0.2) is 0 Å². The summed E-state index contributed by atoms with van der Waals surface area (Å²) < 4.78 is 13.3. The monoisotopic (exact) mass is 217 g/mol. The highest BCUT2D eigenvalue weighted by molar-refractivity contribution is 5.75. The summed E-state index contributed by atoms with van der Waals surface area (Å²) in [7, 11) is 0. The molecule has 3 N–H and O–H groups in total. The molecule has 2 atom stereocenters. The van der Waals surface area contributed by atoms with Gasteiger partial charge in [0.15, 0.2) is 0 Å². The van der Waals surface area contributed by atoms with Crippen LogP contribution in [-0.2, 0) is 0 Å². The van der Waals surface area contributed by atoms with Crippen molar-refractivity contribution in [3.8, 4) is 0 Å². The first-order valence-corrected chi connectivity index (χ1v) is 5.26. The molecule has 15 heavy (non-hydrogen) atoms. The van der Waals surface area contributed by atoms with E-state index in [0.717, 1.165) is 0 Å². The van der Waals surface area contributed by atoms with Gasteiger partial charge in [-0.15, -0.1) is 0 Å². The Balaban J connectivity index is 2.48. The second-order valence-corrected chi connectivity index (χ2v) is 5.09. The number of nitrogens with one attached hydrogen (secondary N) is 1. The highest BCUT2D eigenvalue weighted by atomic mass is 19.1. The third kappa shape index (κ3) is 3.66. The first-order chi connectivity index (χ1) is 6.79. The SMILES string of the molecule is CC(C)(C)NC(=O)N1CCC(N)C(F)C1. The standard InChI is InChI=1S/C10H20FN3O/c1-10(2,3)13-9(15)14-5-4-8(12)7(11)6-14/h7-8H,4-6,12H2,1-3H3,(H,13,15). The molecular weight excluding hydrogens is 197 g/mol. The summed E-state index contributed by atoms with van der Waals surface area (Å²) in [6, 6.07) is -0.638. The van der Waals surface area contributed by atoms with E-state index in [4.69, 9.17) is 5.73 Å². The molecule has 0 aromatic carbocycles. The van der Waals surface area contributed by atoms with Crippen molar-refractivity contribution in [3.63, 3.8) is 0 Å². The fraction of sp³-hybridized carbons (Fsp3) is 0.900. The number of alkyl halides is 1. The van der Waals surface area contributed by atoms with Crippen molar-refractivity contribution in [2.24, 2.45) is 5.73 Å². The van der Waals surface area contributed by atoms with Crippen LogP contribution in [0.4, 0.5) is 9.18 Å². The molecule has 0 aliphatic carbocycles. The summed E-state index contributed by atoms with van der Waals surface area (Å²) in [5.74, 6) is 0. The summed E-state index contributed by atoms with van der Waals surface area (Å²) in [5.41, 5.74) is 5.25. The highest BCUT2D eigenvalue weighted by Gasteiger charge is 2.30. The lowest BCUT2D eigenvalue weighted by Gasteiger charge is -2.34. The van der Waals surface area contributed by atoms with Gasteiger partial charge in [-0.25, -0.2) is 9.18 Å². The van der Waals surface area contributed by atoms with E-state index in [0.29, 0.717) is 13.0 Å². The van der Waals surface area contributed by atoms with Crippen molar-refractivity contribution in [2.75, 3.05) is 13.1 Å². The number of piperidine rings is 1. The van der Waals surface area contributed by atoms with E-state index in [1.165, 1.54) is 4.90 Å². The van der Waals surface area contributed by atoms with Gasteiger partial charge in [-0.2, -0.15) is 0 Å². The Labute approximate surface area is 90.0 Å². The smallest absolute Gasteiger partial charge is 0.317 e. The van der Waals surface area contributed by atoms with Gasteiger partial charge in [0.1, 0.15) is 6.17 Å². The van der Waals surface area contributed by atoms with Crippen molar-refractivity contribution >= 4 is 6.03 Å². The molecule has 0 aromatic heterocycles. The van der Waals surface area contributed by atoms with E-state index in [1.54, 1.807) is 0 Å². The Bertz CT molecular complexity index is 239. The molecule has 1 aliphatic rings. The van der Waals surface area contributed by atoms with Crippen molar-refractivity contribution < 1.29 is 9.18 Å². The molecule has 0 aromatic rings. The van der Waals surface area contributed by atoms with Gasteiger partial charge >= 0.3 is 6.03 Å². The molecule has 0 radical (unpaired) electrons. The van der Waals surface area contributed by atoms with Crippen molar-refractivity contribution in [3.05, 3.63) is 0 Å². The molecule has 88 valence electrons. The molecule has 1 aliphatic heterocycles. The Morgan fingerprint density at radius 3 is 2.60 bits per heavy atom. The van der Waals surface area contributed by atoms with Crippen LogP contribution < -0.4 is 11.1 Å². The van der Waals surface area contributed by atoms with Crippen molar-refractivity contribution in [1.29, 1.82) is 0 Å². The summed E-state index contributed by atoms with van der Waals surface area (Å²) in [5, 5.41) is 2.80. The van der Waals surface area contributed by atoms with Crippen LogP contribution in [0.5, 0.6) is 0 Å². The summed E-state index contributed by atoms with van der Waals surface area (Å²) in [6.07, 6.45) is -0.580. The van der Waals surface area contributed by atoms with Crippen molar-refractivity contribution in [2.45, 2.75) is 44.9 Å². The number of urea groups is 1. The number of carbonyl (C=O) groups is 1. The lowest BCUT2D eigenvalue weighted by Crippen LogP contribution is -2.55. The fourth-order valence-corrected chi connectivity index (χ4v) is 1.51. The number of likely N-dealkylation sites (tertiary alicyclic amines) is 1. The van der Waals surface area contributed by atoms with E-state index in [9.17, 15) is 9.18 Å². The predicted octanol–water partition coefficient (Wildman–Crippen LogP) is 0.866. The average molecular weight is 217 g/mol. The number of nitrogens with zero attached hydrogens (tertiary/aromatic N) is 1. The summed E-state index contributed by atoms with van der Waals surface area (Å²) in [6.45, 7) is 6.32. The number of rotatable bonds is 0. The quantitative estimate of drug-likeness (QED) is 0.632. The molecule has 4 nitrogen and oxygen atoms in total. The Morgan fingerprint density at radius 1 is 1.53 bits per heavy atom. The minimum Gasteiger partial charge on any atom is -0.333 e. The summed E-state index contributed by atoms with van der Waals surface area (Å²) >= 11 is 0. The summed E-state index contributed by atoms with van der Waals surface area (Å²) in [4.78, 5) is 13.2. The van der Waals surface area contributed by atoms with Gasteiger partial charge in [-0.05, 0) is 27.2 Å². The zero-order valence-electron chi connectivity index (χ0n) is 9.59. The van der Waals surface area contributed by atoms with Crippen LogP contribution in [0, 0.1) is 0 Å². The normalized spacial score (nSPS) is 27.7. The van der Waals surface area contributed by atoms with Gasteiger partial charge in [-0.1, -0.05) is 0 Å². The van der Waals surface area contributed by atoms with Gasteiger partial charge in [0.2, 0.25) is 0 Å². The van der Waals surface area contributed by atoms with Gasteiger partial charge < -0.3 is 16.0 Å². The maximum absolute atomic E-state index is 13.3. The molecule has 5 heteroatoms. The van der Waals surface area contributed by atoms with Crippen LogP contribution in [0.2, 0.25) is 0 Å². The van der Waals surface area contributed by atoms with E-state index in [1.807, 2.05) is 20.8 Å². The fourth-order valence-electron chi connectivity index (χ4n) is 1.51. The molecule has 2 unspecified atom stereocenters. The van der Waals surface area contributed by atoms with Gasteiger partial charge in [0.05, 0.1) is 6.54 Å². The predicted molar refractivity (Wildman–Crippen MR) is 57.3 cm³/mol. The zero-order valence-corrected chi connectivity index (χ0v) is 9.59. The molecule has 1 fully saturated rings. The van der Waals surface area contributed by atoms with E-state index in [-0.39, 0.29) is 18.1 Å². The molecule has 2 amide bonds. The van der Waals surface area contributed by atoms with Gasteiger partial charge in [0.25, 0.3) is 0 Å². The largest absolute Gasteiger partial charge is 0.333 e. The highest BCUT2D eigenvalue weighted by Crippen LogP contribution is 2.13. The number of carbonyl (C=O) groups excluding carboxylic acids is 1. The molecule has 1 heterocycles. The van der Waals surface area contributed by atoms with Crippen LogP contribution in [0.1, 0.15) is 27.2 Å². The second-order valence-electron chi connectivity index (χ2n) is 5.09. The number of hydrogen-bond acceptors (Lipinski definition) is 2. The lowest BCUT2D eigenvalue weighted by atomic mass is 10.0. The van der Waals surface area contributed by atoms with Crippen LogP contribution in [0.25, 0.3) is 0 Å². The minimum absolute atomic E-state index is 0.100. The van der Waals surface area contributed by atoms with Crippen LogP contribution in [-0.4, -0.2) is 41.8 Å². The van der Waals surface area contributed by atoms with E-state index < -0.39 is 12.2 Å². The Hall–Kier alpha value is -0.840. The minimum atomic E-state index is -1.11. The maximum atomic E-state index is 13.3. The third-order valence-electron chi connectivity index (χ3n) is 2.36. The topological polar surface area (TPSA) is 58.4 Å². The molecular formula is C10H20FN3O. The van der Waals surface area contributed by atoms with Gasteiger partial charge in [0, 0.05) is 18.1 Å². The second kappa shape index (κ2) is 4.35. The zero-order chi connectivity index (χ0) is 11.6. The average Bonchev–Trinajstić information content (AvgIpc) is 2.06. The number of amides is 2. The van der Waals surface area contributed by atoms with E-state index >= 15 is 0 Å². The first kappa shape index (κ1) is 12.2. The van der Waals surface area contributed by atoms with Crippen molar-refractivity contribution in [1.82, 2.24) is 10.2 Å².